The zero-order valence-corrected chi connectivity index (χ0v) is 12.3. The molecule has 1 heterocycles. The van der Waals surface area contributed by atoms with E-state index in [1.807, 2.05) is 0 Å². The first kappa shape index (κ1) is 13.9. The fraction of sp³-hybridized carbons (Fsp3) is 0. The Morgan fingerprint density at radius 2 is 1.86 bits per heavy atom. The highest BCUT2D eigenvalue weighted by Gasteiger charge is 2.23. The molecule has 0 radical (unpaired) electrons. The average molecular weight is 320 g/mol. The third kappa shape index (κ3) is 2.57. The summed E-state index contributed by atoms with van der Waals surface area (Å²) in [5.41, 5.74) is 1.35. The first-order valence-electron chi connectivity index (χ1n) is 6.10. The second-order valence-corrected chi connectivity index (χ2v) is 6.77. The van der Waals surface area contributed by atoms with E-state index in [4.69, 9.17) is 11.6 Å². The van der Waals surface area contributed by atoms with Crippen LogP contribution in [0.25, 0.3) is 6.08 Å². The maximum atomic E-state index is 12.2. The van der Waals surface area contributed by atoms with Gasteiger partial charge in [-0.05, 0) is 36.4 Å². The van der Waals surface area contributed by atoms with Gasteiger partial charge in [-0.15, -0.1) is 0 Å². The third-order valence-corrected chi connectivity index (χ3v) is 4.82. The van der Waals surface area contributed by atoms with Gasteiger partial charge in [-0.3, -0.25) is 4.79 Å². The average Bonchev–Trinajstić information content (AvgIpc) is 2.76. The minimum Gasteiger partial charge on any atom is -0.321 e. The highest BCUT2D eigenvalue weighted by molar-refractivity contribution is 7.94. The quantitative estimate of drug-likeness (QED) is 0.923. The number of hydrogen-bond acceptors (Lipinski definition) is 3. The minimum absolute atomic E-state index is 0.200. The molecule has 1 amide bonds. The molecule has 3 rings (SSSR count). The van der Waals surface area contributed by atoms with E-state index in [0.717, 1.165) is 5.41 Å². The SMILES string of the molecule is O=C(Nc1cccc2c1C=CS2(=O)=O)c1cccc(Cl)c1. The van der Waals surface area contributed by atoms with Crippen LogP contribution < -0.4 is 5.32 Å². The lowest BCUT2D eigenvalue weighted by Gasteiger charge is -2.09. The molecule has 1 aliphatic heterocycles. The Hall–Kier alpha value is -2.11. The molecule has 1 aliphatic rings. The molecule has 2 aromatic carbocycles. The summed E-state index contributed by atoms with van der Waals surface area (Å²) < 4.78 is 23.6. The van der Waals surface area contributed by atoms with Crippen LogP contribution in [0, 0.1) is 0 Å². The smallest absolute Gasteiger partial charge is 0.255 e. The highest BCUT2D eigenvalue weighted by Crippen LogP contribution is 2.32. The molecule has 4 nitrogen and oxygen atoms in total. The van der Waals surface area contributed by atoms with Crippen LogP contribution in [-0.4, -0.2) is 14.3 Å². The van der Waals surface area contributed by atoms with Crippen LogP contribution in [0.3, 0.4) is 0 Å². The van der Waals surface area contributed by atoms with Gasteiger partial charge in [0.05, 0.1) is 4.90 Å². The summed E-state index contributed by atoms with van der Waals surface area (Å²) in [4.78, 5) is 12.4. The number of benzene rings is 2. The van der Waals surface area contributed by atoms with Crippen LogP contribution in [0.2, 0.25) is 5.02 Å². The van der Waals surface area contributed by atoms with Crippen LogP contribution in [0.4, 0.5) is 5.69 Å². The summed E-state index contributed by atoms with van der Waals surface area (Å²) in [6.07, 6.45) is 1.48. The van der Waals surface area contributed by atoms with Crippen molar-refractivity contribution in [3.63, 3.8) is 0 Å². The van der Waals surface area contributed by atoms with Crippen LogP contribution in [-0.2, 0) is 9.84 Å². The lowest BCUT2D eigenvalue weighted by Crippen LogP contribution is -2.13. The fourth-order valence-corrected chi connectivity index (χ4v) is 3.53. The number of fused-ring (bicyclic) bond motifs is 1. The van der Waals surface area contributed by atoms with E-state index in [1.54, 1.807) is 36.4 Å². The predicted octanol–water partition coefficient (Wildman–Crippen LogP) is 3.35. The zero-order chi connectivity index (χ0) is 15.0. The summed E-state index contributed by atoms with van der Waals surface area (Å²) >= 11 is 5.85. The number of hydrogen-bond donors (Lipinski definition) is 1. The number of halogens is 1. The van der Waals surface area contributed by atoms with E-state index in [-0.39, 0.29) is 10.8 Å². The largest absolute Gasteiger partial charge is 0.321 e. The summed E-state index contributed by atoms with van der Waals surface area (Å²) in [6.45, 7) is 0. The lowest BCUT2D eigenvalue weighted by molar-refractivity contribution is 0.102. The van der Waals surface area contributed by atoms with Gasteiger partial charge in [0.2, 0.25) is 9.84 Å². The number of carbonyl (C=O) groups is 1. The first-order chi connectivity index (χ1) is 9.97. The van der Waals surface area contributed by atoms with Crippen molar-refractivity contribution >= 4 is 39.1 Å². The Kier molecular flexibility index (Phi) is 3.31. The fourth-order valence-electron chi connectivity index (χ4n) is 2.13. The van der Waals surface area contributed by atoms with E-state index in [9.17, 15) is 13.2 Å². The van der Waals surface area contributed by atoms with Crippen molar-refractivity contribution in [1.29, 1.82) is 0 Å². The highest BCUT2D eigenvalue weighted by atomic mass is 35.5. The van der Waals surface area contributed by atoms with Gasteiger partial charge in [-0.25, -0.2) is 8.42 Å². The van der Waals surface area contributed by atoms with E-state index in [0.29, 0.717) is 21.8 Å². The van der Waals surface area contributed by atoms with Gasteiger partial charge in [0, 0.05) is 27.2 Å². The number of anilines is 1. The van der Waals surface area contributed by atoms with Gasteiger partial charge in [-0.2, -0.15) is 0 Å². The Morgan fingerprint density at radius 3 is 2.62 bits per heavy atom. The molecular formula is C15H10ClNO3S. The molecule has 0 bridgehead atoms. The predicted molar refractivity (Wildman–Crippen MR) is 82.1 cm³/mol. The summed E-state index contributed by atoms with van der Waals surface area (Å²) in [5, 5.41) is 4.30. The van der Waals surface area contributed by atoms with Gasteiger partial charge in [0.15, 0.2) is 0 Å². The Morgan fingerprint density at radius 1 is 1.10 bits per heavy atom. The molecule has 0 unspecified atom stereocenters. The van der Waals surface area contributed by atoms with Crippen molar-refractivity contribution in [1.82, 2.24) is 0 Å². The number of carbonyl (C=O) groups excluding carboxylic acids is 1. The van der Waals surface area contributed by atoms with Crippen molar-refractivity contribution in [2.24, 2.45) is 0 Å². The Balaban J connectivity index is 1.96. The van der Waals surface area contributed by atoms with Crippen molar-refractivity contribution in [2.75, 3.05) is 5.32 Å². The molecule has 106 valence electrons. The molecule has 21 heavy (non-hydrogen) atoms. The molecule has 2 aromatic rings. The van der Waals surface area contributed by atoms with Crippen molar-refractivity contribution in [3.05, 3.63) is 64.0 Å². The summed E-state index contributed by atoms with van der Waals surface area (Å²) in [6, 6.07) is 11.3. The van der Waals surface area contributed by atoms with Crippen molar-refractivity contribution in [3.8, 4) is 0 Å². The van der Waals surface area contributed by atoms with E-state index >= 15 is 0 Å². The number of sulfone groups is 1. The van der Waals surface area contributed by atoms with Gasteiger partial charge in [0.25, 0.3) is 5.91 Å². The van der Waals surface area contributed by atoms with E-state index in [2.05, 4.69) is 5.32 Å². The second-order valence-electron chi connectivity index (χ2n) is 4.53. The van der Waals surface area contributed by atoms with Crippen molar-refractivity contribution in [2.45, 2.75) is 4.90 Å². The van der Waals surface area contributed by atoms with Crippen LogP contribution in [0.5, 0.6) is 0 Å². The normalized spacial score (nSPS) is 14.7. The van der Waals surface area contributed by atoms with Crippen molar-refractivity contribution < 1.29 is 13.2 Å². The van der Waals surface area contributed by atoms with E-state index in [1.165, 1.54) is 12.1 Å². The minimum atomic E-state index is -3.39. The molecule has 0 spiro atoms. The number of rotatable bonds is 2. The van der Waals surface area contributed by atoms with Gasteiger partial charge < -0.3 is 5.32 Å². The molecule has 0 saturated heterocycles. The zero-order valence-electron chi connectivity index (χ0n) is 10.7. The standard InChI is InChI=1S/C15H10ClNO3S/c16-11-4-1-3-10(9-11)15(18)17-13-5-2-6-14-12(13)7-8-21(14,19)20/h1-9H,(H,17,18). The van der Waals surface area contributed by atoms with Gasteiger partial charge in [0.1, 0.15) is 0 Å². The van der Waals surface area contributed by atoms with Gasteiger partial charge >= 0.3 is 0 Å². The van der Waals surface area contributed by atoms with E-state index < -0.39 is 9.84 Å². The summed E-state index contributed by atoms with van der Waals surface area (Å²) in [7, 11) is -3.39. The molecule has 0 aromatic heterocycles. The van der Waals surface area contributed by atoms with Crippen LogP contribution >= 0.6 is 11.6 Å². The maximum absolute atomic E-state index is 12.2. The second kappa shape index (κ2) is 5.02. The molecule has 1 N–H and O–H groups in total. The monoisotopic (exact) mass is 319 g/mol. The Bertz CT molecular complexity index is 872. The van der Waals surface area contributed by atoms with Crippen LogP contribution in [0.15, 0.2) is 52.8 Å². The third-order valence-electron chi connectivity index (χ3n) is 3.12. The number of nitrogens with one attached hydrogen (secondary N) is 1. The molecule has 0 aliphatic carbocycles. The number of amides is 1. The molecule has 0 saturated carbocycles. The maximum Gasteiger partial charge on any atom is 0.255 e. The molecular weight excluding hydrogens is 310 g/mol. The topological polar surface area (TPSA) is 63.2 Å². The summed E-state index contributed by atoms with van der Waals surface area (Å²) in [5.74, 6) is -0.344. The Labute approximate surface area is 127 Å². The molecule has 0 atom stereocenters. The lowest BCUT2D eigenvalue weighted by atomic mass is 10.1. The van der Waals surface area contributed by atoms with Gasteiger partial charge in [-0.1, -0.05) is 23.7 Å². The first-order valence-corrected chi connectivity index (χ1v) is 8.03. The molecule has 6 heteroatoms. The molecule has 0 fully saturated rings. The van der Waals surface area contributed by atoms with Crippen LogP contribution in [0.1, 0.15) is 15.9 Å².